The smallest absolute Gasteiger partial charge is 0.241 e. The molecule has 0 radical (unpaired) electrons. The van der Waals surface area contributed by atoms with Gasteiger partial charge in [-0.05, 0) is 56.3 Å². The van der Waals surface area contributed by atoms with Crippen molar-refractivity contribution in [3.8, 4) is 0 Å². The Morgan fingerprint density at radius 2 is 2.17 bits per heavy atom. The van der Waals surface area contributed by atoms with Crippen LogP contribution in [0.4, 0.5) is 5.69 Å². The zero-order valence-electron chi connectivity index (χ0n) is 11.4. The summed E-state index contributed by atoms with van der Waals surface area (Å²) in [7, 11) is 0. The van der Waals surface area contributed by atoms with Crippen molar-refractivity contribution in [2.24, 2.45) is 5.92 Å². The van der Waals surface area contributed by atoms with Crippen molar-refractivity contribution >= 4 is 11.6 Å². The van der Waals surface area contributed by atoms with Crippen LogP contribution in [0.25, 0.3) is 0 Å². The average Bonchev–Trinajstić information content (AvgIpc) is 2.34. The highest BCUT2D eigenvalue weighted by Crippen LogP contribution is 2.19. The Balaban J connectivity index is 2.04. The molecule has 0 aromatic heterocycles. The maximum absolute atomic E-state index is 12.2. The number of anilines is 1. The topological polar surface area (TPSA) is 41.1 Å². The minimum absolute atomic E-state index is 0.0475. The van der Waals surface area contributed by atoms with Crippen molar-refractivity contribution < 1.29 is 4.79 Å². The predicted molar refractivity (Wildman–Crippen MR) is 74.7 cm³/mol. The second-order valence-electron chi connectivity index (χ2n) is 5.44. The van der Waals surface area contributed by atoms with E-state index in [1.54, 1.807) is 0 Å². The molecule has 1 amide bonds. The zero-order chi connectivity index (χ0) is 13.1. The van der Waals surface area contributed by atoms with E-state index in [1.165, 1.54) is 5.56 Å². The number of nitrogens with one attached hydrogen (secondary N) is 2. The molecule has 98 valence electrons. The quantitative estimate of drug-likeness (QED) is 0.842. The summed E-state index contributed by atoms with van der Waals surface area (Å²) in [6.45, 7) is 7.20. The van der Waals surface area contributed by atoms with Crippen molar-refractivity contribution in [2.45, 2.75) is 39.7 Å². The number of carbonyl (C=O) groups excluding carboxylic acids is 1. The third kappa shape index (κ3) is 3.10. The minimum atomic E-state index is -0.0475. The van der Waals surface area contributed by atoms with Gasteiger partial charge in [0, 0.05) is 5.69 Å². The summed E-state index contributed by atoms with van der Waals surface area (Å²) >= 11 is 0. The highest BCUT2D eigenvalue weighted by molar-refractivity contribution is 5.95. The number of aryl methyl sites for hydroxylation is 2. The van der Waals surface area contributed by atoms with E-state index < -0.39 is 0 Å². The first-order valence-electron chi connectivity index (χ1n) is 6.68. The Morgan fingerprint density at radius 1 is 1.39 bits per heavy atom. The molecule has 2 N–H and O–H groups in total. The lowest BCUT2D eigenvalue weighted by molar-refractivity contribution is -0.119. The molecule has 2 unspecified atom stereocenters. The van der Waals surface area contributed by atoms with Crippen LogP contribution in [-0.2, 0) is 4.79 Å². The standard InChI is InChI=1S/C15H22N2O/c1-10-4-5-12(3)13(8-10)17-15(18)14-9-11(2)6-7-16-14/h4-5,8,11,14,16H,6-7,9H2,1-3H3,(H,17,18). The first-order valence-corrected chi connectivity index (χ1v) is 6.68. The van der Waals surface area contributed by atoms with E-state index in [4.69, 9.17) is 0 Å². The maximum Gasteiger partial charge on any atom is 0.241 e. The van der Waals surface area contributed by atoms with Crippen LogP contribution in [0.2, 0.25) is 0 Å². The molecule has 3 nitrogen and oxygen atoms in total. The van der Waals surface area contributed by atoms with E-state index in [9.17, 15) is 4.79 Å². The molecule has 1 aromatic rings. The number of hydrogen-bond donors (Lipinski definition) is 2. The van der Waals surface area contributed by atoms with Gasteiger partial charge in [0.1, 0.15) is 0 Å². The van der Waals surface area contributed by atoms with Gasteiger partial charge in [0.2, 0.25) is 5.91 Å². The first kappa shape index (κ1) is 13.1. The summed E-state index contributed by atoms with van der Waals surface area (Å²) in [6.07, 6.45) is 2.09. The van der Waals surface area contributed by atoms with Crippen LogP contribution in [0.3, 0.4) is 0 Å². The summed E-state index contributed by atoms with van der Waals surface area (Å²) < 4.78 is 0. The Bertz CT molecular complexity index is 442. The largest absolute Gasteiger partial charge is 0.324 e. The highest BCUT2D eigenvalue weighted by Gasteiger charge is 2.24. The number of rotatable bonds is 2. The molecule has 18 heavy (non-hydrogen) atoms. The fourth-order valence-electron chi connectivity index (χ4n) is 2.40. The molecule has 1 heterocycles. The molecule has 1 aliphatic heterocycles. The van der Waals surface area contributed by atoms with Gasteiger partial charge in [0.05, 0.1) is 6.04 Å². The minimum Gasteiger partial charge on any atom is -0.324 e. The molecule has 3 heteroatoms. The summed E-state index contributed by atoms with van der Waals surface area (Å²) in [5, 5.41) is 6.33. The highest BCUT2D eigenvalue weighted by atomic mass is 16.2. The van der Waals surface area contributed by atoms with Gasteiger partial charge in [-0.2, -0.15) is 0 Å². The van der Waals surface area contributed by atoms with Crippen LogP contribution in [0.5, 0.6) is 0 Å². The van der Waals surface area contributed by atoms with Crippen LogP contribution in [-0.4, -0.2) is 18.5 Å². The molecule has 1 aliphatic rings. The lowest BCUT2D eigenvalue weighted by Crippen LogP contribution is -2.45. The molecule has 1 aromatic carbocycles. The molecule has 2 atom stereocenters. The molecule has 1 saturated heterocycles. The fourth-order valence-corrected chi connectivity index (χ4v) is 2.40. The summed E-state index contributed by atoms with van der Waals surface area (Å²) in [5.74, 6) is 0.718. The number of hydrogen-bond acceptors (Lipinski definition) is 2. The van der Waals surface area contributed by atoms with E-state index in [1.807, 2.05) is 26.0 Å². The van der Waals surface area contributed by atoms with E-state index in [-0.39, 0.29) is 11.9 Å². The van der Waals surface area contributed by atoms with Gasteiger partial charge in [-0.3, -0.25) is 4.79 Å². The molecule has 0 bridgehead atoms. The van der Waals surface area contributed by atoms with Crippen molar-refractivity contribution in [1.29, 1.82) is 0 Å². The molecular formula is C15H22N2O. The lowest BCUT2D eigenvalue weighted by Gasteiger charge is -2.27. The van der Waals surface area contributed by atoms with Gasteiger partial charge in [-0.25, -0.2) is 0 Å². The van der Waals surface area contributed by atoms with Crippen molar-refractivity contribution in [3.05, 3.63) is 29.3 Å². The zero-order valence-corrected chi connectivity index (χ0v) is 11.4. The van der Waals surface area contributed by atoms with Crippen molar-refractivity contribution in [1.82, 2.24) is 5.32 Å². The normalized spacial score (nSPS) is 23.7. The molecular weight excluding hydrogens is 224 g/mol. The number of piperidine rings is 1. The monoisotopic (exact) mass is 246 g/mol. The third-order valence-corrected chi connectivity index (χ3v) is 3.63. The van der Waals surface area contributed by atoms with Gasteiger partial charge >= 0.3 is 0 Å². The number of amides is 1. The van der Waals surface area contributed by atoms with Crippen molar-refractivity contribution in [2.75, 3.05) is 11.9 Å². The van der Waals surface area contributed by atoms with Crippen LogP contribution >= 0.6 is 0 Å². The third-order valence-electron chi connectivity index (χ3n) is 3.63. The van der Waals surface area contributed by atoms with Gasteiger partial charge in [-0.1, -0.05) is 19.1 Å². The Morgan fingerprint density at radius 3 is 2.89 bits per heavy atom. The number of benzene rings is 1. The molecule has 1 fully saturated rings. The SMILES string of the molecule is Cc1ccc(C)c(NC(=O)C2CC(C)CCN2)c1. The second-order valence-corrected chi connectivity index (χ2v) is 5.44. The predicted octanol–water partition coefficient (Wildman–Crippen LogP) is 2.63. The molecule has 0 aliphatic carbocycles. The van der Waals surface area contributed by atoms with E-state index in [2.05, 4.69) is 23.6 Å². The average molecular weight is 246 g/mol. The second kappa shape index (κ2) is 5.53. The summed E-state index contributed by atoms with van der Waals surface area (Å²) in [6, 6.07) is 6.08. The molecule has 0 saturated carbocycles. The lowest BCUT2D eigenvalue weighted by atomic mass is 9.94. The van der Waals surface area contributed by atoms with Crippen molar-refractivity contribution in [3.63, 3.8) is 0 Å². The molecule has 2 rings (SSSR count). The van der Waals surface area contributed by atoms with Gasteiger partial charge < -0.3 is 10.6 Å². The van der Waals surface area contributed by atoms with Gasteiger partial charge in [-0.15, -0.1) is 0 Å². The van der Waals surface area contributed by atoms with E-state index in [0.29, 0.717) is 5.92 Å². The first-order chi connectivity index (χ1) is 8.56. The van der Waals surface area contributed by atoms with E-state index in [0.717, 1.165) is 30.6 Å². The Labute approximate surface area is 109 Å². The molecule has 0 spiro atoms. The summed E-state index contributed by atoms with van der Waals surface area (Å²) in [4.78, 5) is 12.2. The van der Waals surface area contributed by atoms with Crippen LogP contribution in [0.1, 0.15) is 30.9 Å². The number of carbonyl (C=O) groups is 1. The van der Waals surface area contributed by atoms with Gasteiger partial charge in [0.15, 0.2) is 0 Å². The van der Waals surface area contributed by atoms with E-state index >= 15 is 0 Å². The van der Waals surface area contributed by atoms with Gasteiger partial charge in [0.25, 0.3) is 0 Å². The van der Waals surface area contributed by atoms with Crippen LogP contribution in [0, 0.1) is 19.8 Å². The Hall–Kier alpha value is -1.35. The summed E-state index contributed by atoms with van der Waals surface area (Å²) in [5.41, 5.74) is 3.21. The Kier molecular flexibility index (Phi) is 4.02. The van der Waals surface area contributed by atoms with Crippen LogP contribution in [0.15, 0.2) is 18.2 Å². The fraction of sp³-hybridized carbons (Fsp3) is 0.533. The maximum atomic E-state index is 12.2. The van der Waals surface area contributed by atoms with Crippen LogP contribution < -0.4 is 10.6 Å².